The number of halogens is 1. The Morgan fingerprint density at radius 3 is 2.60 bits per heavy atom. The van der Waals surface area contributed by atoms with Crippen LogP contribution < -0.4 is 4.74 Å². The number of phenolic OH excluding ortho intramolecular Hbond substituents is 1. The smallest absolute Gasteiger partial charge is 0.285 e. The maximum absolute atomic E-state index is 10.9. The first-order valence-electron chi connectivity index (χ1n) is 3.72. The van der Waals surface area contributed by atoms with Crippen LogP contribution in [0.15, 0.2) is 12.1 Å². The van der Waals surface area contributed by atoms with Crippen LogP contribution in [0.25, 0.3) is 0 Å². The topological polar surface area (TPSA) is 89.7 Å². The Labute approximate surface area is 89.2 Å². The summed E-state index contributed by atoms with van der Waals surface area (Å²) in [5.41, 5.74) is -0.885. The van der Waals surface area contributed by atoms with Gasteiger partial charge < -0.3 is 9.84 Å². The third kappa shape index (κ3) is 2.16. The van der Waals surface area contributed by atoms with Crippen LogP contribution >= 0.6 is 11.6 Å². The van der Waals surface area contributed by atoms with Crippen LogP contribution in [0, 0.1) is 10.1 Å². The largest absolute Gasteiger partial charge is 0.504 e. The predicted octanol–water partition coefficient (Wildman–Crippen LogP) is 1.69. The van der Waals surface area contributed by atoms with E-state index in [1.165, 1.54) is 7.11 Å². The standard InChI is InChI=1S/C8H6ClNO5/c1-15-7-2-4(8(9)12)5(10(13)14)3-6(7)11/h2-3,11H,1H3. The number of carbonyl (C=O) groups is 1. The molecular formula is C8H6ClNO5. The molecule has 0 radical (unpaired) electrons. The molecule has 0 atom stereocenters. The molecule has 15 heavy (non-hydrogen) atoms. The molecule has 0 heterocycles. The van der Waals surface area contributed by atoms with Crippen molar-refractivity contribution in [3.63, 3.8) is 0 Å². The predicted molar refractivity (Wildman–Crippen MR) is 51.5 cm³/mol. The number of rotatable bonds is 3. The van der Waals surface area contributed by atoms with Gasteiger partial charge in [-0.15, -0.1) is 0 Å². The molecular weight excluding hydrogens is 226 g/mol. The van der Waals surface area contributed by atoms with Gasteiger partial charge in [0.05, 0.1) is 18.1 Å². The first-order valence-corrected chi connectivity index (χ1v) is 4.10. The molecule has 0 saturated carbocycles. The van der Waals surface area contributed by atoms with Crippen molar-refractivity contribution < 1.29 is 19.6 Å². The second kappa shape index (κ2) is 4.14. The lowest BCUT2D eigenvalue weighted by molar-refractivity contribution is -0.385. The molecule has 1 rings (SSSR count). The van der Waals surface area contributed by atoms with Crippen molar-refractivity contribution in [1.29, 1.82) is 0 Å². The molecule has 0 aliphatic rings. The van der Waals surface area contributed by atoms with E-state index >= 15 is 0 Å². The van der Waals surface area contributed by atoms with Crippen molar-refractivity contribution in [3.8, 4) is 11.5 Å². The maximum Gasteiger partial charge on any atom is 0.285 e. The number of ether oxygens (including phenoxy) is 1. The highest BCUT2D eigenvalue weighted by Gasteiger charge is 2.22. The number of hydrogen-bond donors (Lipinski definition) is 1. The zero-order valence-electron chi connectivity index (χ0n) is 7.56. The van der Waals surface area contributed by atoms with Gasteiger partial charge in [-0.3, -0.25) is 14.9 Å². The number of carbonyl (C=O) groups excluding carboxylic acids is 1. The van der Waals surface area contributed by atoms with Gasteiger partial charge in [-0.1, -0.05) is 0 Å². The van der Waals surface area contributed by atoms with Crippen molar-refractivity contribution >= 4 is 22.5 Å². The second-order valence-corrected chi connectivity index (χ2v) is 2.92. The molecule has 0 spiro atoms. The van der Waals surface area contributed by atoms with E-state index in [2.05, 4.69) is 4.74 Å². The average Bonchev–Trinajstić information content (AvgIpc) is 2.16. The van der Waals surface area contributed by atoms with E-state index in [1.807, 2.05) is 0 Å². The van der Waals surface area contributed by atoms with Crippen molar-refractivity contribution in [2.24, 2.45) is 0 Å². The zero-order valence-corrected chi connectivity index (χ0v) is 8.32. The molecule has 0 saturated heterocycles. The summed E-state index contributed by atoms with van der Waals surface area (Å²) in [4.78, 5) is 20.6. The molecule has 0 amide bonds. The van der Waals surface area contributed by atoms with Crippen LogP contribution in [0.1, 0.15) is 10.4 Å². The van der Waals surface area contributed by atoms with E-state index < -0.39 is 21.6 Å². The molecule has 0 unspecified atom stereocenters. The van der Waals surface area contributed by atoms with Gasteiger partial charge in [0, 0.05) is 6.07 Å². The summed E-state index contributed by atoms with van der Waals surface area (Å²) in [5, 5.41) is 18.8. The Hall–Kier alpha value is -1.82. The fourth-order valence-electron chi connectivity index (χ4n) is 1.03. The summed E-state index contributed by atoms with van der Waals surface area (Å²) in [6.45, 7) is 0. The third-order valence-electron chi connectivity index (χ3n) is 1.71. The summed E-state index contributed by atoms with van der Waals surface area (Å²) < 4.78 is 4.69. The molecule has 1 aromatic carbocycles. The SMILES string of the molecule is COc1cc(C(=O)Cl)c([N+](=O)[O-])cc1O. The Morgan fingerprint density at radius 2 is 2.20 bits per heavy atom. The molecule has 80 valence electrons. The van der Waals surface area contributed by atoms with Gasteiger partial charge >= 0.3 is 0 Å². The van der Waals surface area contributed by atoms with E-state index in [9.17, 15) is 20.0 Å². The van der Waals surface area contributed by atoms with Crippen LogP contribution in [0.4, 0.5) is 5.69 Å². The zero-order chi connectivity index (χ0) is 11.6. The highest BCUT2D eigenvalue weighted by Crippen LogP contribution is 2.34. The number of aromatic hydroxyl groups is 1. The minimum absolute atomic E-state index is 0.0513. The molecule has 0 aliphatic heterocycles. The Bertz CT molecular complexity index is 431. The van der Waals surface area contributed by atoms with Gasteiger partial charge in [-0.2, -0.15) is 0 Å². The number of phenols is 1. The highest BCUT2D eigenvalue weighted by molar-refractivity contribution is 6.68. The number of hydrogen-bond acceptors (Lipinski definition) is 5. The van der Waals surface area contributed by atoms with Gasteiger partial charge in [0.1, 0.15) is 5.56 Å². The summed E-state index contributed by atoms with van der Waals surface area (Å²) in [7, 11) is 1.25. The Morgan fingerprint density at radius 1 is 1.60 bits per heavy atom. The fourth-order valence-corrected chi connectivity index (χ4v) is 1.18. The first-order chi connectivity index (χ1) is 6.97. The fraction of sp³-hybridized carbons (Fsp3) is 0.125. The van der Waals surface area contributed by atoms with Crippen molar-refractivity contribution in [2.75, 3.05) is 7.11 Å². The van der Waals surface area contributed by atoms with E-state index in [1.54, 1.807) is 0 Å². The number of nitro benzene ring substituents is 1. The van der Waals surface area contributed by atoms with Crippen molar-refractivity contribution in [3.05, 3.63) is 27.8 Å². The van der Waals surface area contributed by atoms with Crippen LogP contribution in [0.3, 0.4) is 0 Å². The van der Waals surface area contributed by atoms with Gasteiger partial charge in [0.2, 0.25) is 0 Å². The van der Waals surface area contributed by atoms with Crippen LogP contribution in [-0.2, 0) is 0 Å². The minimum Gasteiger partial charge on any atom is -0.504 e. The van der Waals surface area contributed by atoms with Gasteiger partial charge in [0.15, 0.2) is 11.5 Å². The molecule has 1 N–H and O–H groups in total. The van der Waals surface area contributed by atoms with Gasteiger partial charge in [0.25, 0.3) is 10.9 Å². The van der Waals surface area contributed by atoms with Crippen molar-refractivity contribution in [1.82, 2.24) is 0 Å². The van der Waals surface area contributed by atoms with Crippen LogP contribution in [0.5, 0.6) is 11.5 Å². The lowest BCUT2D eigenvalue weighted by Crippen LogP contribution is -1.99. The monoisotopic (exact) mass is 231 g/mol. The molecule has 7 heteroatoms. The summed E-state index contributed by atoms with van der Waals surface area (Å²) in [6, 6.07) is 1.83. The lowest BCUT2D eigenvalue weighted by atomic mass is 10.1. The average molecular weight is 232 g/mol. The lowest BCUT2D eigenvalue weighted by Gasteiger charge is -2.04. The summed E-state index contributed by atoms with van der Waals surface area (Å²) in [5.74, 6) is -0.476. The molecule has 0 bridgehead atoms. The number of methoxy groups -OCH3 is 1. The number of nitrogens with zero attached hydrogens (tertiary/aromatic N) is 1. The van der Waals surface area contributed by atoms with Crippen LogP contribution in [0.2, 0.25) is 0 Å². The summed E-state index contributed by atoms with van der Waals surface area (Å²) in [6.07, 6.45) is 0. The molecule has 0 aromatic heterocycles. The maximum atomic E-state index is 10.9. The second-order valence-electron chi connectivity index (χ2n) is 2.57. The number of benzene rings is 1. The highest BCUT2D eigenvalue weighted by atomic mass is 35.5. The number of nitro groups is 1. The normalized spacial score (nSPS) is 9.73. The van der Waals surface area contributed by atoms with E-state index in [0.29, 0.717) is 0 Å². The quantitative estimate of drug-likeness (QED) is 0.486. The molecule has 1 aromatic rings. The van der Waals surface area contributed by atoms with Crippen molar-refractivity contribution in [2.45, 2.75) is 0 Å². The minimum atomic E-state index is -0.986. The summed E-state index contributed by atoms with van der Waals surface area (Å²) >= 11 is 5.15. The van der Waals surface area contributed by atoms with E-state index in [-0.39, 0.29) is 11.3 Å². The Kier molecular flexibility index (Phi) is 3.11. The molecule has 0 fully saturated rings. The van der Waals surface area contributed by atoms with Gasteiger partial charge in [-0.25, -0.2) is 0 Å². The molecule has 6 nitrogen and oxygen atoms in total. The first kappa shape index (κ1) is 11.3. The molecule has 0 aliphatic carbocycles. The van der Waals surface area contributed by atoms with E-state index in [4.69, 9.17) is 11.6 Å². The van der Waals surface area contributed by atoms with Crippen LogP contribution in [-0.4, -0.2) is 22.4 Å². The Balaban J connectivity index is 3.45. The van der Waals surface area contributed by atoms with E-state index in [0.717, 1.165) is 12.1 Å². The van der Waals surface area contributed by atoms with Gasteiger partial charge in [-0.05, 0) is 11.6 Å². The third-order valence-corrected chi connectivity index (χ3v) is 1.91.